The Labute approximate surface area is 90.1 Å². The van der Waals surface area contributed by atoms with Gasteiger partial charge in [0.15, 0.2) is 0 Å². The highest BCUT2D eigenvalue weighted by Gasteiger charge is 2.53. The van der Waals surface area contributed by atoms with E-state index in [0.29, 0.717) is 0 Å². The minimum absolute atomic E-state index is 0.543. The molecular formula is C6H13O9P. The van der Waals surface area contributed by atoms with E-state index in [4.69, 9.17) is 20.0 Å². The average molecular weight is 260 g/mol. The van der Waals surface area contributed by atoms with E-state index in [1.54, 1.807) is 0 Å². The maximum Gasteiger partial charge on any atom is 0.472 e. The first-order chi connectivity index (χ1) is 7.22. The number of aliphatic hydroxyl groups excluding tert-OH is 4. The maximum absolute atomic E-state index is 10.6. The van der Waals surface area contributed by atoms with Gasteiger partial charge in [-0.3, -0.25) is 0 Å². The van der Waals surface area contributed by atoms with Gasteiger partial charge in [0.25, 0.3) is 0 Å². The van der Waals surface area contributed by atoms with E-state index in [1.807, 2.05) is 0 Å². The zero-order valence-corrected chi connectivity index (χ0v) is 8.90. The molecule has 1 aliphatic heterocycles. The summed E-state index contributed by atoms with van der Waals surface area (Å²) >= 11 is 0. The molecule has 6 N–H and O–H groups in total. The Morgan fingerprint density at radius 1 is 1.38 bits per heavy atom. The zero-order valence-electron chi connectivity index (χ0n) is 8.00. The molecule has 1 fully saturated rings. The number of phosphoric acid groups is 1. The number of ether oxygens (including phenoxy) is 1. The van der Waals surface area contributed by atoms with Crippen molar-refractivity contribution in [3.63, 3.8) is 0 Å². The smallest absolute Gasteiger partial charge is 0.391 e. The lowest BCUT2D eigenvalue weighted by Gasteiger charge is -2.43. The largest absolute Gasteiger partial charge is 0.472 e. The Hall–Kier alpha value is -0.0900. The van der Waals surface area contributed by atoms with Gasteiger partial charge in [-0.2, -0.15) is 0 Å². The van der Waals surface area contributed by atoms with Gasteiger partial charge in [-0.15, -0.1) is 0 Å². The lowest BCUT2D eigenvalue weighted by molar-refractivity contribution is -0.322. The SMILES string of the molecule is O=P(O)(O)O[C@]1(CO)OC[C@@H](O)[C@@H](O)[C@@H]1O. The fraction of sp³-hybridized carbons (Fsp3) is 1.00. The van der Waals surface area contributed by atoms with Crippen LogP contribution < -0.4 is 0 Å². The molecule has 4 atom stereocenters. The molecule has 0 aliphatic carbocycles. The molecule has 1 heterocycles. The van der Waals surface area contributed by atoms with Crippen molar-refractivity contribution in [3.05, 3.63) is 0 Å². The van der Waals surface area contributed by atoms with Crippen molar-refractivity contribution in [1.29, 1.82) is 0 Å². The topological polar surface area (TPSA) is 157 Å². The van der Waals surface area contributed by atoms with E-state index in [-0.39, 0.29) is 0 Å². The van der Waals surface area contributed by atoms with Crippen molar-refractivity contribution in [3.8, 4) is 0 Å². The quantitative estimate of drug-likeness (QED) is 0.289. The first kappa shape index (κ1) is 14.0. The lowest BCUT2D eigenvalue weighted by Crippen LogP contribution is -2.63. The Morgan fingerprint density at radius 3 is 2.38 bits per heavy atom. The summed E-state index contributed by atoms with van der Waals surface area (Å²) in [7, 11) is -5.04. The summed E-state index contributed by atoms with van der Waals surface area (Å²) in [4.78, 5) is 17.2. The molecule has 0 radical (unpaired) electrons. The van der Waals surface area contributed by atoms with Gasteiger partial charge < -0.3 is 34.9 Å². The Bertz CT molecular complexity index is 290. The first-order valence-corrected chi connectivity index (χ1v) is 5.80. The molecule has 1 aliphatic rings. The van der Waals surface area contributed by atoms with E-state index in [1.165, 1.54) is 0 Å². The number of phosphoric ester groups is 1. The van der Waals surface area contributed by atoms with Gasteiger partial charge in [-0.25, -0.2) is 9.09 Å². The molecule has 0 spiro atoms. The zero-order chi connectivity index (χ0) is 12.6. The van der Waals surface area contributed by atoms with Crippen LogP contribution in [0.5, 0.6) is 0 Å². The van der Waals surface area contributed by atoms with Gasteiger partial charge in [0.05, 0.1) is 6.61 Å². The monoisotopic (exact) mass is 260 g/mol. The van der Waals surface area contributed by atoms with Crippen LogP contribution in [0.4, 0.5) is 0 Å². The third-order valence-electron chi connectivity index (χ3n) is 2.16. The molecule has 0 amide bonds. The molecule has 0 aromatic heterocycles. The van der Waals surface area contributed by atoms with Gasteiger partial charge >= 0.3 is 7.82 Å². The fourth-order valence-corrected chi connectivity index (χ4v) is 1.95. The van der Waals surface area contributed by atoms with Gasteiger partial charge in [0, 0.05) is 0 Å². The minimum Gasteiger partial charge on any atom is -0.391 e. The molecule has 1 saturated heterocycles. The second-order valence-electron chi connectivity index (χ2n) is 3.37. The summed E-state index contributed by atoms with van der Waals surface area (Å²) in [5.41, 5.74) is 0. The fourth-order valence-electron chi connectivity index (χ4n) is 1.33. The lowest BCUT2D eigenvalue weighted by atomic mass is 9.98. The van der Waals surface area contributed by atoms with E-state index in [2.05, 4.69) is 9.26 Å². The summed E-state index contributed by atoms with van der Waals surface area (Å²) < 4.78 is 19.4. The first-order valence-electron chi connectivity index (χ1n) is 4.27. The number of hydrogen-bond donors (Lipinski definition) is 6. The average Bonchev–Trinajstić information content (AvgIpc) is 2.18. The van der Waals surface area contributed by atoms with Crippen LogP contribution in [-0.2, 0) is 13.8 Å². The van der Waals surface area contributed by atoms with Crippen LogP contribution in [0.2, 0.25) is 0 Å². The molecule has 0 bridgehead atoms. The van der Waals surface area contributed by atoms with Crippen molar-refractivity contribution in [2.45, 2.75) is 24.1 Å². The maximum atomic E-state index is 10.6. The van der Waals surface area contributed by atoms with Crippen LogP contribution in [0, 0.1) is 0 Å². The Balaban J connectivity index is 2.91. The van der Waals surface area contributed by atoms with Crippen molar-refractivity contribution in [1.82, 2.24) is 0 Å². The summed E-state index contributed by atoms with van der Waals surface area (Å²) in [6, 6.07) is 0. The molecule has 0 aromatic carbocycles. The summed E-state index contributed by atoms with van der Waals surface area (Å²) in [6.45, 7) is -1.64. The summed E-state index contributed by atoms with van der Waals surface area (Å²) in [5.74, 6) is -2.45. The minimum atomic E-state index is -5.04. The highest BCUT2D eigenvalue weighted by atomic mass is 31.2. The molecule has 0 unspecified atom stereocenters. The number of rotatable bonds is 3. The van der Waals surface area contributed by atoms with Crippen LogP contribution in [0.1, 0.15) is 0 Å². The third kappa shape index (κ3) is 2.77. The van der Waals surface area contributed by atoms with Crippen molar-refractivity contribution in [2.75, 3.05) is 13.2 Å². The van der Waals surface area contributed by atoms with Crippen LogP contribution in [0.3, 0.4) is 0 Å². The molecular weight excluding hydrogens is 247 g/mol. The normalized spacial score (nSPS) is 41.0. The molecule has 9 nitrogen and oxygen atoms in total. The second kappa shape index (κ2) is 4.65. The van der Waals surface area contributed by atoms with Gasteiger partial charge in [-0.1, -0.05) is 0 Å². The molecule has 0 saturated carbocycles. The Morgan fingerprint density at radius 2 is 1.94 bits per heavy atom. The summed E-state index contributed by atoms with van der Waals surface area (Å²) in [6.07, 6.45) is -5.17. The Kier molecular flexibility index (Phi) is 4.06. The highest BCUT2D eigenvalue weighted by molar-refractivity contribution is 7.46. The highest BCUT2D eigenvalue weighted by Crippen LogP contribution is 2.44. The molecule has 1 rings (SSSR count). The van der Waals surface area contributed by atoms with Gasteiger partial charge in [0.1, 0.15) is 24.9 Å². The predicted octanol–water partition coefficient (Wildman–Crippen LogP) is -3.10. The van der Waals surface area contributed by atoms with Gasteiger partial charge in [0.2, 0.25) is 5.79 Å². The standard InChI is InChI=1S/C6H13O9P/c7-2-6(15-16(11,12)13)5(10)4(9)3(8)1-14-6/h3-5,7-10H,1-2H2,(H2,11,12,13)/t3-,4-,5+,6+/m1/s1. The van der Waals surface area contributed by atoms with Crippen molar-refractivity contribution >= 4 is 7.82 Å². The van der Waals surface area contributed by atoms with Crippen molar-refractivity contribution < 1.29 is 44.0 Å². The van der Waals surface area contributed by atoms with Crippen LogP contribution in [0.25, 0.3) is 0 Å². The van der Waals surface area contributed by atoms with E-state index < -0.39 is 45.1 Å². The second-order valence-corrected chi connectivity index (χ2v) is 4.53. The number of aliphatic hydroxyl groups is 4. The predicted molar refractivity (Wildman–Crippen MR) is 46.9 cm³/mol. The van der Waals surface area contributed by atoms with Gasteiger partial charge in [-0.05, 0) is 0 Å². The van der Waals surface area contributed by atoms with E-state index >= 15 is 0 Å². The van der Waals surface area contributed by atoms with Crippen LogP contribution in [-0.4, -0.2) is 67.5 Å². The molecule has 96 valence electrons. The van der Waals surface area contributed by atoms with Crippen molar-refractivity contribution in [2.24, 2.45) is 0 Å². The molecule has 10 heteroatoms. The number of hydrogen-bond acceptors (Lipinski definition) is 7. The van der Waals surface area contributed by atoms with Crippen LogP contribution in [0.15, 0.2) is 0 Å². The molecule has 0 aromatic rings. The van der Waals surface area contributed by atoms with E-state index in [0.717, 1.165) is 0 Å². The van der Waals surface area contributed by atoms with E-state index in [9.17, 15) is 14.8 Å². The summed E-state index contributed by atoms with van der Waals surface area (Å²) in [5, 5.41) is 36.8. The molecule has 16 heavy (non-hydrogen) atoms. The van der Waals surface area contributed by atoms with Crippen LogP contribution >= 0.6 is 7.82 Å². The third-order valence-corrected chi connectivity index (χ3v) is 2.71.